The summed E-state index contributed by atoms with van der Waals surface area (Å²) in [5, 5.41) is 2.63. The molecule has 0 saturated carbocycles. The first kappa shape index (κ1) is 17.0. The highest BCUT2D eigenvalue weighted by molar-refractivity contribution is 5.67. The van der Waals surface area contributed by atoms with Crippen LogP contribution in [-0.2, 0) is 4.74 Å². The van der Waals surface area contributed by atoms with Crippen molar-refractivity contribution < 1.29 is 13.9 Å². The van der Waals surface area contributed by atoms with Crippen molar-refractivity contribution in [1.82, 2.24) is 5.32 Å². The topological polar surface area (TPSA) is 64.3 Å². The van der Waals surface area contributed by atoms with E-state index in [1.807, 2.05) is 0 Å². The molecule has 0 atom stereocenters. The summed E-state index contributed by atoms with van der Waals surface area (Å²) in [7, 11) is 0. The molecule has 4 nitrogen and oxygen atoms in total. The standard InChI is InChI=1S/C16H23FN2O2/c1-11-9-13(17)12(10-14(11)18)7-5-6-8-19-15(20)21-16(2,3)4/h5,7,9-10H,6,8,18H2,1-4H3,(H,19,20). The highest BCUT2D eigenvalue weighted by atomic mass is 19.1. The van der Waals surface area contributed by atoms with E-state index < -0.39 is 11.7 Å². The minimum atomic E-state index is -0.511. The maximum Gasteiger partial charge on any atom is 0.407 e. The predicted molar refractivity (Wildman–Crippen MR) is 83.4 cm³/mol. The van der Waals surface area contributed by atoms with Crippen LogP contribution in [0.5, 0.6) is 0 Å². The van der Waals surface area contributed by atoms with Gasteiger partial charge in [0.15, 0.2) is 0 Å². The lowest BCUT2D eigenvalue weighted by atomic mass is 10.1. The zero-order chi connectivity index (χ0) is 16.0. The quantitative estimate of drug-likeness (QED) is 0.658. The Morgan fingerprint density at radius 2 is 2.10 bits per heavy atom. The van der Waals surface area contributed by atoms with Crippen LogP contribution < -0.4 is 11.1 Å². The number of halogens is 1. The van der Waals surface area contributed by atoms with Crippen LogP contribution in [0, 0.1) is 12.7 Å². The first-order valence-electron chi connectivity index (χ1n) is 6.88. The van der Waals surface area contributed by atoms with Gasteiger partial charge in [-0.1, -0.05) is 12.2 Å². The predicted octanol–water partition coefficient (Wildman–Crippen LogP) is 3.64. The molecule has 0 spiro atoms. The molecule has 3 N–H and O–H groups in total. The van der Waals surface area contributed by atoms with Crippen molar-refractivity contribution in [2.45, 2.75) is 39.7 Å². The van der Waals surface area contributed by atoms with Gasteiger partial charge in [0.2, 0.25) is 0 Å². The van der Waals surface area contributed by atoms with Crippen LogP contribution in [0.1, 0.15) is 38.3 Å². The molecule has 0 bridgehead atoms. The molecular formula is C16H23FN2O2. The van der Waals surface area contributed by atoms with Crippen LogP contribution >= 0.6 is 0 Å². The maximum absolute atomic E-state index is 13.7. The molecular weight excluding hydrogens is 271 g/mol. The monoisotopic (exact) mass is 294 g/mol. The van der Waals surface area contributed by atoms with E-state index in [0.717, 1.165) is 5.56 Å². The number of amides is 1. The number of hydrogen-bond donors (Lipinski definition) is 2. The number of rotatable bonds is 4. The van der Waals surface area contributed by atoms with Gasteiger partial charge in [-0.3, -0.25) is 0 Å². The second kappa shape index (κ2) is 7.11. The lowest BCUT2D eigenvalue weighted by Crippen LogP contribution is -2.32. The van der Waals surface area contributed by atoms with Crippen LogP contribution in [0.3, 0.4) is 0 Å². The van der Waals surface area contributed by atoms with E-state index in [2.05, 4.69) is 5.32 Å². The molecule has 0 aliphatic heterocycles. The van der Waals surface area contributed by atoms with Gasteiger partial charge in [0, 0.05) is 17.8 Å². The average Bonchev–Trinajstić information content (AvgIpc) is 2.32. The highest BCUT2D eigenvalue weighted by Gasteiger charge is 2.15. The van der Waals surface area contributed by atoms with Gasteiger partial charge in [-0.05, 0) is 51.8 Å². The minimum Gasteiger partial charge on any atom is -0.444 e. The molecule has 116 valence electrons. The van der Waals surface area contributed by atoms with E-state index in [0.29, 0.717) is 24.2 Å². The van der Waals surface area contributed by atoms with Gasteiger partial charge in [-0.25, -0.2) is 9.18 Å². The average molecular weight is 294 g/mol. The summed E-state index contributed by atoms with van der Waals surface area (Å²) in [5.41, 5.74) is 6.95. The van der Waals surface area contributed by atoms with Gasteiger partial charge < -0.3 is 15.8 Å². The molecule has 1 aromatic rings. The summed E-state index contributed by atoms with van der Waals surface area (Å²) in [6.45, 7) is 7.59. The Kier molecular flexibility index (Phi) is 5.76. The number of carbonyl (C=O) groups excluding carboxylic acids is 1. The minimum absolute atomic E-state index is 0.307. The fourth-order valence-corrected chi connectivity index (χ4v) is 1.62. The van der Waals surface area contributed by atoms with Crippen LogP contribution in [-0.4, -0.2) is 18.2 Å². The smallest absolute Gasteiger partial charge is 0.407 e. The second-order valence-electron chi connectivity index (χ2n) is 5.85. The number of benzene rings is 1. The summed E-state index contributed by atoms with van der Waals surface area (Å²) >= 11 is 0. The zero-order valence-electron chi connectivity index (χ0n) is 13.0. The normalized spacial score (nSPS) is 11.7. The number of nitrogens with two attached hydrogens (primary N) is 1. The number of hydrogen-bond acceptors (Lipinski definition) is 3. The SMILES string of the molecule is Cc1cc(F)c(C=CCCNC(=O)OC(C)(C)C)cc1N. The van der Waals surface area contributed by atoms with Crippen molar-refractivity contribution in [3.05, 3.63) is 35.2 Å². The van der Waals surface area contributed by atoms with Crippen LogP contribution in [0.25, 0.3) is 6.08 Å². The van der Waals surface area contributed by atoms with Gasteiger partial charge in [-0.2, -0.15) is 0 Å². The molecule has 1 rings (SSSR count). The van der Waals surface area contributed by atoms with E-state index in [1.165, 1.54) is 6.07 Å². The Morgan fingerprint density at radius 3 is 2.71 bits per heavy atom. The Bertz CT molecular complexity index is 534. The molecule has 0 aromatic heterocycles. The summed E-state index contributed by atoms with van der Waals surface area (Å²) in [6, 6.07) is 3.01. The molecule has 21 heavy (non-hydrogen) atoms. The van der Waals surface area contributed by atoms with E-state index in [9.17, 15) is 9.18 Å². The summed E-state index contributed by atoms with van der Waals surface area (Å²) in [5.74, 6) is -0.307. The molecule has 0 aliphatic carbocycles. The molecule has 1 aromatic carbocycles. The van der Waals surface area contributed by atoms with E-state index in [1.54, 1.807) is 45.9 Å². The van der Waals surface area contributed by atoms with Gasteiger partial charge >= 0.3 is 6.09 Å². The zero-order valence-corrected chi connectivity index (χ0v) is 13.0. The van der Waals surface area contributed by atoms with Gasteiger partial charge in [0.1, 0.15) is 11.4 Å². The van der Waals surface area contributed by atoms with E-state index in [4.69, 9.17) is 10.5 Å². The third-order valence-electron chi connectivity index (χ3n) is 2.66. The first-order valence-corrected chi connectivity index (χ1v) is 6.88. The van der Waals surface area contributed by atoms with Crippen molar-refractivity contribution in [1.29, 1.82) is 0 Å². The van der Waals surface area contributed by atoms with Crippen molar-refractivity contribution in [3.8, 4) is 0 Å². The molecule has 0 heterocycles. The van der Waals surface area contributed by atoms with Crippen LogP contribution in [0.4, 0.5) is 14.9 Å². The van der Waals surface area contributed by atoms with Crippen molar-refractivity contribution >= 4 is 17.9 Å². The van der Waals surface area contributed by atoms with Gasteiger partial charge in [0.25, 0.3) is 0 Å². The van der Waals surface area contributed by atoms with Crippen molar-refractivity contribution in [3.63, 3.8) is 0 Å². The molecule has 0 aliphatic rings. The van der Waals surface area contributed by atoms with E-state index in [-0.39, 0.29) is 5.82 Å². The molecule has 0 unspecified atom stereocenters. The summed E-state index contributed by atoms with van der Waals surface area (Å²) in [6.07, 6.45) is 3.56. The fourth-order valence-electron chi connectivity index (χ4n) is 1.62. The number of aryl methyl sites for hydroxylation is 1. The highest BCUT2D eigenvalue weighted by Crippen LogP contribution is 2.18. The third-order valence-corrected chi connectivity index (χ3v) is 2.66. The van der Waals surface area contributed by atoms with Crippen LogP contribution in [0.2, 0.25) is 0 Å². The number of nitrogen functional groups attached to an aromatic ring is 1. The number of ether oxygens (including phenoxy) is 1. The Balaban J connectivity index is 2.43. The number of carbonyl (C=O) groups is 1. The molecule has 0 fully saturated rings. The Morgan fingerprint density at radius 1 is 1.43 bits per heavy atom. The Hall–Kier alpha value is -2.04. The van der Waals surface area contributed by atoms with E-state index >= 15 is 0 Å². The summed E-state index contributed by atoms with van der Waals surface area (Å²) < 4.78 is 18.8. The van der Waals surface area contributed by atoms with Crippen LogP contribution in [0.15, 0.2) is 18.2 Å². The molecule has 5 heteroatoms. The molecule has 0 radical (unpaired) electrons. The van der Waals surface area contributed by atoms with Crippen molar-refractivity contribution in [2.75, 3.05) is 12.3 Å². The number of anilines is 1. The van der Waals surface area contributed by atoms with Crippen molar-refractivity contribution in [2.24, 2.45) is 0 Å². The number of nitrogens with one attached hydrogen (secondary N) is 1. The fraction of sp³-hybridized carbons (Fsp3) is 0.438. The number of alkyl carbamates (subject to hydrolysis) is 1. The van der Waals surface area contributed by atoms with Gasteiger partial charge in [0.05, 0.1) is 0 Å². The summed E-state index contributed by atoms with van der Waals surface area (Å²) in [4.78, 5) is 11.4. The maximum atomic E-state index is 13.7. The second-order valence-corrected chi connectivity index (χ2v) is 5.85. The molecule has 1 amide bonds. The van der Waals surface area contributed by atoms with Gasteiger partial charge in [-0.15, -0.1) is 0 Å². The lowest BCUT2D eigenvalue weighted by molar-refractivity contribution is 0.0529. The molecule has 0 saturated heterocycles. The lowest BCUT2D eigenvalue weighted by Gasteiger charge is -2.19. The first-order chi connectivity index (χ1) is 9.69. The third kappa shape index (κ3) is 6.29. The Labute approximate surface area is 125 Å². The largest absolute Gasteiger partial charge is 0.444 e.